The van der Waals surface area contributed by atoms with Gasteiger partial charge in [0.05, 0.1) is 6.10 Å². The number of aliphatic hydroxyl groups is 1. The first-order valence-corrected chi connectivity index (χ1v) is 9.13. The zero-order chi connectivity index (χ0) is 15.8. The number of hydrogen-bond donors (Lipinski definition) is 2. The van der Waals surface area contributed by atoms with Gasteiger partial charge in [-0.15, -0.1) is 0 Å². The van der Waals surface area contributed by atoms with Crippen molar-refractivity contribution in [3.8, 4) is 0 Å². The van der Waals surface area contributed by atoms with Crippen molar-refractivity contribution in [1.82, 2.24) is 0 Å². The van der Waals surface area contributed by atoms with Crippen molar-refractivity contribution in [1.29, 1.82) is 0 Å². The minimum absolute atomic E-state index is 0.129. The Balaban J connectivity index is 1.75. The van der Waals surface area contributed by atoms with E-state index in [9.17, 15) is 5.11 Å². The Morgan fingerprint density at radius 1 is 1.14 bits per heavy atom. The molecule has 4 rings (SSSR count). The number of halogens is 1. The van der Waals surface area contributed by atoms with Crippen LogP contribution in [0, 0.1) is 22.7 Å². The average Bonchev–Trinajstić information content (AvgIpc) is 2.77. The highest BCUT2D eigenvalue weighted by Crippen LogP contribution is 2.67. The summed E-state index contributed by atoms with van der Waals surface area (Å²) in [5, 5.41) is 9.99. The van der Waals surface area contributed by atoms with Gasteiger partial charge in [0.15, 0.2) is 0 Å². The molecule has 3 saturated carbocycles. The van der Waals surface area contributed by atoms with Crippen LogP contribution in [0.3, 0.4) is 0 Å². The average molecular weight is 307 g/mol. The van der Waals surface area contributed by atoms with Crippen molar-refractivity contribution < 1.29 is 9.50 Å². The molecule has 0 aromatic rings. The highest BCUT2D eigenvalue weighted by molar-refractivity contribution is 5.31. The van der Waals surface area contributed by atoms with E-state index in [0.29, 0.717) is 18.8 Å². The van der Waals surface area contributed by atoms with E-state index in [4.69, 9.17) is 5.73 Å². The Morgan fingerprint density at radius 2 is 1.91 bits per heavy atom. The maximum atomic E-state index is 16.4. The minimum Gasteiger partial charge on any atom is -0.393 e. The standard InChI is InChI=1S/C19H30FNO/c1-17-9-10-19(20)15(14(17)5-6-16(17)21)4-3-12-11-13(22)7-8-18(12,19)2/h3,13-16,22H,4-11,21H2,1-2H3/t13-,14+,15+,16+,17+,18+,19-/m1/s1. The smallest absolute Gasteiger partial charge is 0.123 e. The molecule has 0 saturated heterocycles. The lowest BCUT2D eigenvalue weighted by molar-refractivity contribution is -0.135. The van der Waals surface area contributed by atoms with Gasteiger partial charge in [0, 0.05) is 17.4 Å². The lowest BCUT2D eigenvalue weighted by atomic mass is 9.46. The van der Waals surface area contributed by atoms with Gasteiger partial charge in [-0.25, -0.2) is 4.39 Å². The van der Waals surface area contributed by atoms with Crippen LogP contribution >= 0.6 is 0 Å². The fraction of sp³-hybridized carbons (Fsp3) is 0.895. The van der Waals surface area contributed by atoms with Crippen LogP contribution in [0.5, 0.6) is 0 Å². The summed E-state index contributed by atoms with van der Waals surface area (Å²) in [6, 6.07) is 0.244. The molecule has 0 aromatic heterocycles. The van der Waals surface area contributed by atoms with E-state index in [2.05, 4.69) is 19.9 Å². The van der Waals surface area contributed by atoms with E-state index in [1.807, 2.05) is 0 Å². The highest BCUT2D eigenvalue weighted by Gasteiger charge is 2.66. The zero-order valence-electron chi connectivity index (χ0n) is 13.9. The van der Waals surface area contributed by atoms with Crippen molar-refractivity contribution in [2.45, 2.75) is 83.0 Å². The van der Waals surface area contributed by atoms with Crippen LogP contribution in [0.2, 0.25) is 0 Å². The Hall–Kier alpha value is -0.410. The van der Waals surface area contributed by atoms with E-state index < -0.39 is 5.67 Å². The molecule has 124 valence electrons. The molecule has 0 amide bonds. The first-order chi connectivity index (χ1) is 10.3. The molecule has 7 atom stereocenters. The van der Waals surface area contributed by atoms with Crippen LogP contribution in [0.25, 0.3) is 0 Å². The SMILES string of the molecule is C[C@]12CC[C@@]3(F)[C@@H](CC=C4C[C@H](O)CC[C@@]43C)[C@@H]1CC[C@@H]2N. The molecule has 0 aliphatic heterocycles. The number of rotatable bonds is 0. The molecule has 0 heterocycles. The molecule has 2 nitrogen and oxygen atoms in total. The van der Waals surface area contributed by atoms with Gasteiger partial charge < -0.3 is 10.8 Å². The predicted molar refractivity (Wildman–Crippen MR) is 86.0 cm³/mol. The summed E-state index contributed by atoms with van der Waals surface area (Å²) in [4.78, 5) is 0. The van der Waals surface area contributed by atoms with Crippen LogP contribution in [0.4, 0.5) is 4.39 Å². The maximum Gasteiger partial charge on any atom is 0.123 e. The van der Waals surface area contributed by atoms with Crippen molar-refractivity contribution >= 4 is 0 Å². The van der Waals surface area contributed by atoms with Crippen LogP contribution in [0.15, 0.2) is 11.6 Å². The van der Waals surface area contributed by atoms with Gasteiger partial charge in [-0.2, -0.15) is 0 Å². The maximum absolute atomic E-state index is 16.4. The van der Waals surface area contributed by atoms with Gasteiger partial charge in [-0.05, 0) is 62.7 Å². The molecule has 3 N–H and O–H groups in total. The molecule has 0 radical (unpaired) electrons. The second kappa shape index (κ2) is 4.57. The van der Waals surface area contributed by atoms with Gasteiger partial charge in [-0.3, -0.25) is 0 Å². The van der Waals surface area contributed by atoms with Crippen LogP contribution < -0.4 is 5.73 Å². The van der Waals surface area contributed by atoms with Crippen molar-refractivity contribution in [3.63, 3.8) is 0 Å². The van der Waals surface area contributed by atoms with Gasteiger partial charge in [-0.1, -0.05) is 25.5 Å². The van der Waals surface area contributed by atoms with Crippen molar-refractivity contribution in [2.24, 2.45) is 28.4 Å². The third kappa shape index (κ3) is 1.67. The Morgan fingerprint density at radius 3 is 2.68 bits per heavy atom. The number of allylic oxidation sites excluding steroid dienone is 1. The number of aliphatic hydroxyl groups excluding tert-OH is 1. The summed E-state index contributed by atoms with van der Waals surface area (Å²) in [5.41, 5.74) is 6.28. The van der Waals surface area contributed by atoms with Gasteiger partial charge >= 0.3 is 0 Å². The third-order valence-electron chi connectivity index (χ3n) is 8.26. The minimum atomic E-state index is -1.09. The fourth-order valence-corrected chi connectivity index (χ4v) is 6.57. The largest absolute Gasteiger partial charge is 0.393 e. The summed E-state index contributed by atoms with van der Waals surface area (Å²) in [5.74, 6) is 0.562. The number of hydrogen-bond acceptors (Lipinski definition) is 2. The quantitative estimate of drug-likeness (QED) is 0.670. The molecular formula is C19H30FNO. The lowest BCUT2D eigenvalue weighted by Gasteiger charge is -2.61. The van der Waals surface area contributed by atoms with E-state index in [0.717, 1.165) is 38.5 Å². The molecule has 4 aliphatic rings. The van der Waals surface area contributed by atoms with Crippen molar-refractivity contribution in [2.75, 3.05) is 0 Å². The molecule has 4 aliphatic carbocycles. The first-order valence-electron chi connectivity index (χ1n) is 9.13. The highest BCUT2D eigenvalue weighted by atomic mass is 19.1. The predicted octanol–water partition coefficient (Wildman–Crippen LogP) is 3.73. The summed E-state index contributed by atoms with van der Waals surface area (Å²) in [7, 11) is 0. The number of nitrogens with two attached hydrogens (primary N) is 1. The second-order valence-electron chi connectivity index (χ2n) is 8.96. The number of alkyl halides is 1. The van der Waals surface area contributed by atoms with Crippen molar-refractivity contribution in [3.05, 3.63) is 11.6 Å². The Kier molecular flexibility index (Phi) is 3.14. The van der Waals surface area contributed by atoms with E-state index in [1.54, 1.807) is 0 Å². The molecule has 3 heteroatoms. The number of fused-ring (bicyclic) bond motifs is 5. The molecule has 0 aromatic carbocycles. The van der Waals surface area contributed by atoms with E-state index in [1.165, 1.54) is 5.57 Å². The van der Waals surface area contributed by atoms with Gasteiger partial charge in [0.1, 0.15) is 5.67 Å². The van der Waals surface area contributed by atoms with Gasteiger partial charge in [0.2, 0.25) is 0 Å². The van der Waals surface area contributed by atoms with Crippen LogP contribution in [-0.4, -0.2) is 22.9 Å². The summed E-state index contributed by atoms with van der Waals surface area (Å²) in [6.07, 6.45) is 8.80. The molecule has 0 unspecified atom stereocenters. The fourth-order valence-electron chi connectivity index (χ4n) is 6.57. The van der Waals surface area contributed by atoms with E-state index >= 15 is 4.39 Å². The summed E-state index contributed by atoms with van der Waals surface area (Å²) < 4.78 is 16.4. The second-order valence-corrected chi connectivity index (χ2v) is 8.96. The van der Waals surface area contributed by atoms with Crippen LogP contribution in [0.1, 0.15) is 65.2 Å². The topological polar surface area (TPSA) is 46.2 Å². The van der Waals surface area contributed by atoms with E-state index in [-0.39, 0.29) is 28.9 Å². The first kappa shape index (κ1) is 15.1. The zero-order valence-corrected chi connectivity index (χ0v) is 13.9. The molecule has 0 spiro atoms. The molecule has 22 heavy (non-hydrogen) atoms. The lowest BCUT2D eigenvalue weighted by Crippen LogP contribution is -2.61. The molecular weight excluding hydrogens is 277 g/mol. The van der Waals surface area contributed by atoms with Gasteiger partial charge in [0.25, 0.3) is 0 Å². The Labute approximate surface area is 133 Å². The molecule has 3 fully saturated rings. The normalized spacial score (nSPS) is 57.6. The third-order valence-corrected chi connectivity index (χ3v) is 8.26. The summed E-state index contributed by atoms with van der Waals surface area (Å²) in [6.45, 7) is 4.44. The summed E-state index contributed by atoms with van der Waals surface area (Å²) >= 11 is 0. The molecule has 0 bridgehead atoms. The monoisotopic (exact) mass is 307 g/mol. The Bertz CT molecular complexity index is 520. The van der Waals surface area contributed by atoms with Crippen LogP contribution in [-0.2, 0) is 0 Å².